The normalized spacial score (nSPS) is 16.9. The van der Waals surface area contributed by atoms with Crippen molar-refractivity contribution < 1.29 is 13.2 Å². The largest absolute Gasteiger partial charge is 0.383 e. The van der Waals surface area contributed by atoms with Crippen LogP contribution in [0.2, 0.25) is 0 Å². The summed E-state index contributed by atoms with van der Waals surface area (Å²) < 4.78 is 30.6. The number of methoxy groups -OCH3 is 1. The molecule has 16 heavy (non-hydrogen) atoms. The number of hydrogen-bond acceptors (Lipinski definition) is 4. The van der Waals surface area contributed by atoms with Crippen molar-refractivity contribution in [2.75, 3.05) is 32.6 Å². The van der Waals surface area contributed by atoms with Gasteiger partial charge in [0, 0.05) is 19.7 Å². The van der Waals surface area contributed by atoms with Crippen molar-refractivity contribution in [3.05, 3.63) is 0 Å². The fraction of sp³-hybridized carbons (Fsp3) is 1.00. The van der Waals surface area contributed by atoms with E-state index in [2.05, 4.69) is 0 Å². The number of ether oxygens (including phenoxy) is 1. The molecule has 2 N–H and O–H groups in total. The monoisotopic (exact) mass is 250 g/mol. The lowest BCUT2D eigenvalue weighted by molar-refractivity contribution is 0.177. The Morgan fingerprint density at radius 2 is 2.06 bits per heavy atom. The van der Waals surface area contributed by atoms with Gasteiger partial charge in [-0.15, -0.1) is 0 Å². The van der Waals surface area contributed by atoms with E-state index in [1.807, 2.05) is 0 Å². The Balaban J connectivity index is 2.47. The quantitative estimate of drug-likeness (QED) is 0.592. The van der Waals surface area contributed by atoms with Gasteiger partial charge in [-0.2, -0.15) is 4.31 Å². The molecule has 96 valence electrons. The van der Waals surface area contributed by atoms with Crippen molar-refractivity contribution in [1.29, 1.82) is 0 Å². The Morgan fingerprint density at radius 3 is 2.56 bits per heavy atom. The minimum atomic E-state index is -3.11. The molecule has 0 saturated heterocycles. The summed E-state index contributed by atoms with van der Waals surface area (Å²) in [7, 11) is -1.52. The lowest BCUT2D eigenvalue weighted by Crippen LogP contribution is -2.37. The first kappa shape index (κ1) is 13.9. The highest BCUT2D eigenvalue weighted by atomic mass is 32.2. The smallest absolute Gasteiger partial charge is 0.214 e. The van der Waals surface area contributed by atoms with Gasteiger partial charge in [-0.05, 0) is 32.2 Å². The van der Waals surface area contributed by atoms with Crippen molar-refractivity contribution in [2.24, 2.45) is 5.73 Å². The molecule has 0 aromatic carbocycles. The predicted octanol–water partition coefficient (Wildman–Crippen LogP) is 0.166. The van der Waals surface area contributed by atoms with Gasteiger partial charge < -0.3 is 10.5 Å². The molecule has 0 radical (unpaired) electrons. The summed E-state index contributed by atoms with van der Waals surface area (Å²) in [4.78, 5) is 0. The van der Waals surface area contributed by atoms with E-state index in [0.29, 0.717) is 26.1 Å². The highest BCUT2D eigenvalue weighted by molar-refractivity contribution is 7.89. The van der Waals surface area contributed by atoms with Crippen LogP contribution in [0.5, 0.6) is 0 Å². The fourth-order valence-corrected chi connectivity index (χ4v) is 3.46. The summed E-state index contributed by atoms with van der Waals surface area (Å²) in [6.45, 7) is 1.50. The van der Waals surface area contributed by atoms with Gasteiger partial charge in [0.05, 0.1) is 12.4 Å². The highest BCUT2D eigenvalue weighted by Gasteiger charge is 2.36. The van der Waals surface area contributed by atoms with E-state index in [-0.39, 0.29) is 11.8 Å². The van der Waals surface area contributed by atoms with Crippen LogP contribution in [0.3, 0.4) is 0 Å². The molecule has 5 nitrogen and oxygen atoms in total. The van der Waals surface area contributed by atoms with E-state index >= 15 is 0 Å². The number of rotatable bonds is 9. The van der Waals surface area contributed by atoms with Crippen LogP contribution >= 0.6 is 0 Å². The van der Waals surface area contributed by atoms with Gasteiger partial charge in [-0.3, -0.25) is 0 Å². The van der Waals surface area contributed by atoms with Gasteiger partial charge in [0.25, 0.3) is 0 Å². The fourth-order valence-electron chi connectivity index (χ4n) is 1.64. The Labute approximate surface area is 98.0 Å². The summed E-state index contributed by atoms with van der Waals surface area (Å²) in [5.41, 5.74) is 5.36. The standard InChI is InChI=1S/C10H22N2O3S/c1-15-8-7-12(10-4-5-10)16(13,14)9-3-2-6-11/h10H,2-9,11H2,1H3. The molecule has 1 saturated carbocycles. The third kappa shape index (κ3) is 4.37. The molecule has 0 aliphatic heterocycles. The van der Waals surface area contributed by atoms with Crippen LogP contribution in [0.4, 0.5) is 0 Å². The van der Waals surface area contributed by atoms with Crippen LogP contribution < -0.4 is 5.73 Å². The Hall–Kier alpha value is -0.170. The van der Waals surface area contributed by atoms with Crippen molar-refractivity contribution in [2.45, 2.75) is 31.7 Å². The first-order valence-electron chi connectivity index (χ1n) is 5.80. The summed E-state index contributed by atoms with van der Waals surface area (Å²) in [5.74, 6) is 0.213. The maximum Gasteiger partial charge on any atom is 0.214 e. The molecular formula is C10H22N2O3S. The molecule has 0 heterocycles. The molecule has 0 aromatic heterocycles. The summed E-state index contributed by atoms with van der Waals surface area (Å²) in [5, 5.41) is 0. The van der Waals surface area contributed by atoms with E-state index < -0.39 is 10.0 Å². The second-order valence-electron chi connectivity index (χ2n) is 4.15. The van der Waals surface area contributed by atoms with E-state index in [4.69, 9.17) is 10.5 Å². The van der Waals surface area contributed by atoms with Crippen LogP contribution in [0.15, 0.2) is 0 Å². The Morgan fingerprint density at radius 1 is 1.38 bits per heavy atom. The highest BCUT2D eigenvalue weighted by Crippen LogP contribution is 2.29. The van der Waals surface area contributed by atoms with Gasteiger partial charge in [0.15, 0.2) is 0 Å². The van der Waals surface area contributed by atoms with Crippen LogP contribution in [0.25, 0.3) is 0 Å². The van der Waals surface area contributed by atoms with Crippen LogP contribution in [-0.4, -0.2) is 51.3 Å². The van der Waals surface area contributed by atoms with Gasteiger partial charge in [-0.1, -0.05) is 0 Å². The number of sulfonamides is 1. The van der Waals surface area contributed by atoms with E-state index in [1.165, 1.54) is 0 Å². The summed E-state index contributed by atoms with van der Waals surface area (Å²) in [6, 6.07) is 0.220. The maximum atomic E-state index is 12.0. The first-order valence-corrected chi connectivity index (χ1v) is 7.41. The summed E-state index contributed by atoms with van der Waals surface area (Å²) in [6.07, 6.45) is 3.39. The third-order valence-electron chi connectivity index (χ3n) is 2.68. The minimum Gasteiger partial charge on any atom is -0.383 e. The molecule has 0 spiro atoms. The van der Waals surface area contributed by atoms with Crippen LogP contribution in [0, 0.1) is 0 Å². The molecule has 1 aliphatic carbocycles. The first-order chi connectivity index (χ1) is 7.61. The molecule has 0 atom stereocenters. The average Bonchev–Trinajstić information content (AvgIpc) is 3.02. The van der Waals surface area contributed by atoms with Crippen molar-refractivity contribution >= 4 is 10.0 Å². The molecule has 0 aromatic rings. The number of hydrogen-bond donors (Lipinski definition) is 1. The second kappa shape index (κ2) is 6.54. The minimum absolute atomic E-state index is 0.213. The molecule has 1 rings (SSSR count). The maximum absolute atomic E-state index is 12.0. The van der Waals surface area contributed by atoms with Crippen molar-refractivity contribution in [1.82, 2.24) is 4.31 Å². The zero-order valence-electron chi connectivity index (χ0n) is 9.89. The van der Waals surface area contributed by atoms with Crippen molar-refractivity contribution in [3.63, 3.8) is 0 Å². The third-order valence-corrected chi connectivity index (χ3v) is 4.68. The SMILES string of the molecule is COCCN(C1CC1)S(=O)(=O)CCCCN. The molecule has 0 amide bonds. The summed E-state index contributed by atoms with van der Waals surface area (Å²) >= 11 is 0. The Bertz CT molecular complexity index is 288. The lowest BCUT2D eigenvalue weighted by atomic mass is 10.3. The average molecular weight is 250 g/mol. The van der Waals surface area contributed by atoms with Crippen LogP contribution in [-0.2, 0) is 14.8 Å². The van der Waals surface area contributed by atoms with E-state index in [0.717, 1.165) is 19.3 Å². The molecule has 6 heteroatoms. The molecule has 0 bridgehead atoms. The molecular weight excluding hydrogens is 228 g/mol. The van der Waals surface area contributed by atoms with Gasteiger partial charge >= 0.3 is 0 Å². The van der Waals surface area contributed by atoms with Crippen molar-refractivity contribution in [3.8, 4) is 0 Å². The van der Waals surface area contributed by atoms with Gasteiger partial charge in [-0.25, -0.2) is 8.42 Å². The van der Waals surface area contributed by atoms with E-state index in [1.54, 1.807) is 11.4 Å². The number of unbranched alkanes of at least 4 members (excludes halogenated alkanes) is 1. The number of nitrogens with zero attached hydrogens (tertiary/aromatic N) is 1. The molecule has 1 aliphatic rings. The predicted molar refractivity (Wildman–Crippen MR) is 63.7 cm³/mol. The van der Waals surface area contributed by atoms with E-state index in [9.17, 15) is 8.42 Å². The lowest BCUT2D eigenvalue weighted by Gasteiger charge is -2.21. The zero-order chi connectivity index (χ0) is 12.0. The zero-order valence-corrected chi connectivity index (χ0v) is 10.7. The van der Waals surface area contributed by atoms with Gasteiger partial charge in [0.2, 0.25) is 10.0 Å². The molecule has 1 fully saturated rings. The Kier molecular flexibility index (Phi) is 5.68. The van der Waals surface area contributed by atoms with Crippen LogP contribution in [0.1, 0.15) is 25.7 Å². The number of nitrogens with two attached hydrogens (primary N) is 1. The molecule has 0 unspecified atom stereocenters. The second-order valence-corrected chi connectivity index (χ2v) is 6.19. The van der Waals surface area contributed by atoms with Gasteiger partial charge in [0.1, 0.15) is 0 Å². The topological polar surface area (TPSA) is 72.6 Å².